The molecule has 1 aromatic rings. The Morgan fingerprint density at radius 2 is 2.40 bits per heavy atom. The smallest absolute Gasteiger partial charge is 0.0506 e. The minimum atomic E-state index is 0.600. The van der Waals surface area contributed by atoms with Crippen molar-refractivity contribution in [2.45, 2.75) is 17.1 Å². The standard InChI is InChI=1S/C11H15ClN2S/c1-8-7-14(5-4-13)10-3-2-9(12)6-11(10)15-8/h2-3,6,8H,4-5,7,13H2,1H3. The Hall–Kier alpha value is -0.380. The summed E-state index contributed by atoms with van der Waals surface area (Å²) in [5.74, 6) is 0. The second-order valence-corrected chi connectivity index (χ2v) is 5.69. The molecule has 2 N–H and O–H groups in total. The molecule has 0 bridgehead atoms. The van der Waals surface area contributed by atoms with E-state index in [-0.39, 0.29) is 0 Å². The highest BCUT2D eigenvalue weighted by Gasteiger charge is 2.21. The Balaban J connectivity index is 2.33. The molecule has 1 atom stereocenters. The van der Waals surface area contributed by atoms with Gasteiger partial charge in [0.1, 0.15) is 0 Å². The molecule has 0 fully saturated rings. The van der Waals surface area contributed by atoms with Gasteiger partial charge < -0.3 is 10.6 Å². The molecule has 0 radical (unpaired) electrons. The fourth-order valence-electron chi connectivity index (χ4n) is 1.87. The second-order valence-electron chi connectivity index (χ2n) is 3.78. The van der Waals surface area contributed by atoms with Gasteiger partial charge in [0.25, 0.3) is 0 Å². The second kappa shape index (κ2) is 4.64. The van der Waals surface area contributed by atoms with Crippen LogP contribution in [0.2, 0.25) is 5.02 Å². The van der Waals surface area contributed by atoms with Crippen LogP contribution in [0.3, 0.4) is 0 Å². The molecule has 1 unspecified atom stereocenters. The van der Waals surface area contributed by atoms with Crippen LogP contribution in [0.4, 0.5) is 5.69 Å². The first-order chi connectivity index (χ1) is 7.20. The maximum atomic E-state index is 5.99. The fraction of sp³-hybridized carbons (Fsp3) is 0.455. The molecule has 15 heavy (non-hydrogen) atoms. The normalized spacial score (nSPS) is 20.2. The Labute approximate surface area is 99.8 Å². The highest BCUT2D eigenvalue weighted by Crippen LogP contribution is 2.39. The van der Waals surface area contributed by atoms with E-state index in [4.69, 9.17) is 17.3 Å². The fourth-order valence-corrected chi connectivity index (χ4v) is 3.31. The van der Waals surface area contributed by atoms with E-state index in [1.165, 1.54) is 10.6 Å². The molecule has 0 amide bonds. The predicted octanol–water partition coefficient (Wildman–Crippen LogP) is 2.60. The average molecular weight is 243 g/mol. The van der Waals surface area contributed by atoms with Crippen molar-refractivity contribution in [3.8, 4) is 0 Å². The number of nitrogens with zero attached hydrogens (tertiary/aromatic N) is 1. The number of thioether (sulfide) groups is 1. The molecule has 1 heterocycles. The van der Waals surface area contributed by atoms with Gasteiger partial charge in [-0.3, -0.25) is 0 Å². The zero-order valence-electron chi connectivity index (χ0n) is 8.74. The van der Waals surface area contributed by atoms with E-state index >= 15 is 0 Å². The van der Waals surface area contributed by atoms with Crippen molar-refractivity contribution in [1.29, 1.82) is 0 Å². The van der Waals surface area contributed by atoms with Crippen molar-refractivity contribution in [2.75, 3.05) is 24.5 Å². The average Bonchev–Trinajstić information content (AvgIpc) is 2.17. The third-order valence-electron chi connectivity index (χ3n) is 2.47. The summed E-state index contributed by atoms with van der Waals surface area (Å²) in [6, 6.07) is 6.08. The van der Waals surface area contributed by atoms with Crippen LogP contribution in [-0.2, 0) is 0 Å². The SMILES string of the molecule is CC1CN(CCN)c2ccc(Cl)cc2S1. The largest absolute Gasteiger partial charge is 0.368 e. The molecular formula is C11H15ClN2S. The lowest BCUT2D eigenvalue weighted by atomic mass is 10.2. The topological polar surface area (TPSA) is 29.3 Å². The summed E-state index contributed by atoms with van der Waals surface area (Å²) in [7, 11) is 0. The van der Waals surface area contributed by atoms with Gasteiger partial charge in [0.15, 0.2) is 0 Å². The lowest BCUT2D eigenvalue weighted by Gasteiger charge is -2.34. The van der Waals surface area contributed by atoms with Crippen molar-refractivity contribution in [2.24, 2.45) is 5.73 Å². The third-order valence-corrected chi connectivity index (χ3v) is 3.83. The number of fused-ring (bicyclic) bond motifs is 1. The van der Waals surface area contributed by atoms with Gasteiger partial charge in [0, 0.05) is 34.8 Å². The van der Waals surface area contributed by atoms with E-state index in [1.54, 1.807) is 0 Å². The summed E-state index contributed by atoms with van der Waals surface area (Å²) >= 11 is 7.88. The summed E-state index contributed by atoms with van der Waals surface area (Å²) in [4.78, 5) is 3.61. The summed E-state index contributed by atoms with van der Waals surface area (Å²) < 4.78 is 0. The van der Waals surface area contributed by atoms with Gasteiger partial charge in [0.2, 0.25) is 0 Å². The summed E-state index contributed by atoms with van der Waals surface area (Å²) in [5, 5.41) is 1.41. The molecule has 0 aromatic heterocycles. The Bertz CT molecular complexity index is 356. The van der Waals surface area contributed by atoms with Gasteiger partial charge in [-0.05, 0) is 18.2 Å². The Kier molecular flexibility index (Phi) is 3.44. The van der Waals surface area contributed by atoms with Crippen molar-refractivity contribution in [3.05, 3.63) is 23.2 Å². The van der Waals surface area contributed by atoms with Crippen LogP contribution in [0.1, 0.15) is 6.92 Å². The van der Waals surface area contributed by atoms with Crippen LogP contribution < -0.4 is 10.6 Å². The molecule has 0 spiro atoms. The summed E-state index contributed by atoms with van der Waals surface area (Å²) in [6.07, 6.45) is 0. The molecule has 0 saturated carbocycles. The zero-order valence-corrected chi connectivity index (χ0v) is 10.3. The first kappa shape index (κ1) is 11.1. The molecule has 1 aliphatic rings. The van der Waals surface area contributed by atoms with Crippen molar-refractivity contribution in [3.63, 3.8) is 0 Å². The highest BCUT2D eigenvalue weighted by molar-refractivity contribution is 8.00. The number of anilines is 1. The molecule has 0 aliphatic carbocycles. The first-order valence-electron chi connectivity index (χ1n) is 5.12. The van der Waals surface area contributed by atoms with Crippen LogP contribution in [0.5, 0.6) is 0 Å². The number of rotatable bonds is 2. The maximum absolute atomic E-state index is 5.99. The van der Waals surface area contributed by atoms with Crippen LogP contribution in [-0.4, -0.2) is 24.9 Å². The minimum Gasteiger partial charge on any atom is -0.368 e. The van der Waals surface area contributed by atoms with E-state index in [0.717, 1.165) is 18.1 Å². The number of hydrogen-bond donors (Lipinski definition) is 1. The molecule has 2 rings (SSSR count). The van der Waals surface area contributed by atoms with Gasteiger partial charge >= 0.3 is 0 Å². The molecule has 82 valence electrons. The number of benzene rings is 1. The number of halogens is 1. The summed E-state index contributed by atoms with van der Waals surface area (Å²) in [6.45, 7) is 4.91. The van der Waals surface area contributed by atoms with Crippen molar-refractivity contribution < 1.29 is 0 Å². The lowest BCUT2D eigenvalue weighted by Crippen LogP contribution is -2.36. The van der Waals surface area contributed by atoms with Crippen molar-refractivity contribution >= 4 is 29.1 Å². The Morgan fingerprint density at radius 1 is 1.60 bits per heavy atom. The van der Waals surface area contributed by atoms with E-state index in [2.05, 4.69) is 17.9 Å². The minimum absolute atomic E-state index is 0.600. The Morgan fingerprint density at radius 3 is 3.13 bits per heavy atom. The molecule has 0 saturated heterocycles. The maximum Gasteiger partial charge on any atom is 0.0506 e. The van der Waals surface area contributed by atoms with Gasteiger partial charge in [-0.2, -0.15) is 0 Å². The van der Waals surface area contributed by atoms with Crippen LogP contribution in [0, 0.1) is 0 Å². The molecule has 2 nitrogen and oxygen atoms in total. The van der Waals surface area contributed by atoms with Crippen LogP contribution in [0.25, 0.3) is 0 Å². The predicted molar refractivity (Wildman–Crippen MR) is 68.0 cm³/mol. The quantitative estimate of drug-likeness (QED) is 0.865. The van der Waals surface area contributed by atoms with Crippen molar-refractivity contribution in [1.82, 2.24) is 0 Å². The summed E-state index contributed by atoms with van der Waals surface area (Å²) in [5.41, 5.74) is 6.89. The number of nitrogens with two attached hydrogens (primary N) is 1. The molecule has 1 aliphatic heterocycles. The van der Waals surface area contributed by atoms with Crippen LogP contribution in [0.15, 0.2) is 23.1 Å². The van der Waals surface area contributed by atoms with E-state index in [9.17, 15) is 0 Å². The van der Waals surface area contributed by atoms with E-state index in [0.29, 0.717) is 11.8 Å². The molecule has 1 aromatic carbocycles. The lowest BCUT2D eigenvalue weighted by molar-refractivity contribution is 0.753. The highest BCUT2D eigenvalue weighted by atomic mass is 35.5. The van der Waals surface area contributed by atoms with Gasteiger partial charge in [-0.1, -0.05) is 18.5 Å². The monoisotopic (exact) mass is 242 g/mol. The van der Waals surface area contributed by atoms with Gasteiger partial charge in [-0.25, -0.2) is 0 Å². The van der Waals surface area contributed by atoms with Gasteiger partial charge in [0.05, 0.1) is 5.69 Å². The number of hydrogen-bond acceptors (Lipinski definition) is 3. The van der Waals surface area contributed by atoms with Crippen LogP contribution >= 0.6 is 23.4 Å². The third kappa shape index (κ3) is 2.41. The first-order valence-corrected chi connectivity index (χ1v) is 6.37. The zero-order chi connectivity index (χ0) is 10.8. The van der Waals surface area contributed by atoms with Gasteiger partial charge in [-0.15, -0.1) is 11.8 Å². The molecular weight excluding hydrogens is 228 g/mol. The van der Waals surface area contributed by atoms with E-state index in [1.807, 2.05) is 23.9 Å². The van der Waals surface area contributed by atoms with E-state index < -0.39 is 0 Å². The molecule has 4 heteroatoms.